The van der Waals surface area contributed by atoms with E-state index in [0.29, 0.717) is 0 Å². The molecule has 0 bridgehead atoms. The highest BCUT2D eigenvalue weighted by molar-refractivity contribution is 5.83. The molecule has 0 aromatic carbocycles. The third kappa shape index (κ3) is 5.19. The molecule has 20 heavy (non-hydrogen) atoms. The molecule has 0 aliphatic rings. The van der Waals surface area contributed by atoms with Crippen molar-refractivity contribution in [2.24, 2.45) is 16.2 Å². The summed E-state index contributed by atoms with van der Waals surface area (Å²) in [4.78, 5) is 12.7. The van der Waals surface area contributed by atoms with Crippen LogP contribution in [0.15, 0.2) is 0 Å². The third-order valence-corrected chi connectivity index (χ3v) is 4.35. The predicted octanol–water partition coefficient (Wildman–Crippen LogP) is 4.39. The zero-order valence-electron chi connectivity index (χ0n) is 14.7. The van der Waals surface area contributed by atoms with Crippen molar-refractivity contribution in [3.8, 4) is 12.3 Å². The molecule has 1 N–H and O–H groups in total. The van der Waals surface area contributed by atoms with E-state index in [1.807, 2.05) is 13.8 Å². The summed E-state index contributed by atoms with van der Waals surface area (Å²) in [6.45, 7) is 16.9. The van der Waals surface area contributed by atoms with E-state index in [-0.39, 0.29) is 22.8 Å². The number of hydrogen-bond donors (Lipinski definition) is 1. The molecule has 0 aliphatic carbocycles. The second-order valence-corrected chi connectivity index (χ2v) is 8.26. The van der Waals surface area contributed by atoms with Gasteiger partial charge in [0.25, 0.3) is 0 Å². The summed E-state index contributed by atoms with van der Waals surface area (Å²) in [5.41, 5.74) is -0.447. The van der Waals surface area contributed by atoms with Crippen LogP contribution in [0.3, 0.4) is 0 Å². The molecule has 2 heteroatoms. The van der Waals surface area contributed by atoms with Crippen molar-refractivity contribution in [3.63, 3.8) is 0 Å². The summed E-state index contributed by atoms with van der Waals surface area (Å²) in [6, 6.07) is 0.165. The van der Waals surface area contributed by atoms with E-state index in [1.54, 1.807) is 0 Å². The largest absolute Gasteiger partial charge is 0.353 e. The standard InChI is InChI=1S/C18H33NO/c1-10-11-12-17(7,8)13-18(9,16(4,5)6)15(20)19-14(2)3/h1,14H,11-13H2,2-9H3,(H,19,20). The van der Waals surface area contributed by atoms with Gasteiger partial charge in [-0.1, -0.05) is 41.5 Å². The summed E-state index contributed by atoms with van der Waals surface area (Å²) < 4.78 is 0. The van der Waals surface area contributed by atoms with Crippen LogP contribution in [0.1, 0.15) is 74.7 Å². The van der Waals surface area contributed by atoms with Gasteiger partial charge in [-0.15, -0.1) is 12.3 Å². The van der Waals surface area contributed by atoms with Crippen molar-refractivity contribution in [3.05, 3.63) is 0 Å². The molecule has 0 fully saturated rings. The zero-order valence-corrected chi connectivity index (χ0v) is 14.7. The van der Waals surface area contributed by atoms with Gasteiger partial charge in [0.2, 0.25) is 5.91 Å². The van der Waals surface area contributed by atoms with Crippen molar-refractivity contribution in [2.75, 3.05) is 0 Å². The first kappa shape index (κ1) is 19.0. The Kier molecular flexibility index (Phi) is 6.33. The second kappa shape index (κ2) is 6.66. The summed E-state index contributed by atoms with van der Waals surface area (Å²) in [5.74, 6) is 2.86. The molecule has 0 aromatic heterocycles. The van der Waals surface area contributed by atoms with Crippen LogP contribution < -0.4 is 5.32 Å². The minimum atomic E-state index is -0.407. The molecule has 116 valence electrons. The summed E-state index contributed by atoms with van der Waals surface area (Å²) >= 11 is 0. The number of rotatable bonds is 6. The Balaban J connectivity index is 5.27. The van der Waals surface area contributed by atoms with E-state index < -0.39 is 5.41 Å². The van der Waals surface area contributed by atoms with E-state index in [1.165, 1.54) is 0 Å². The lowest BCUT2D eigenvalue weighted by Crippen LogP contribution is -2.51. The summed E-state index contributed by atoms with van der Waals surface area (Å²) in [6.07, 6.45) is 7.93. The van der Waals surface area contributed by atoms with Gasteiger partial charge in [0.15, 0.2) is 0 Å². The molecule has 0 saturated carbocycles. The number of terminal acetylenes is 1. The van der Waals surface area contributed by atoms with Gasteiger partial charge in [0.1, 0.15) is 0 Å². The van der Waals surface area contributed by atoms with Gasteiger partial charge < -0.3 is 5.32 Å². The van der Waals surface area contributed by atoms with Crippen LogP contribution in [0.25, 0.3) is 0 Å². The Labute approximate surface area is 126 Å². The van der Waals surface area contributed by atoms with Crippen molar-refractivity contribution < 1.29 is 4.79 Å². The normalized spacial score (nSPS) is 15.6. The van der Waals surface area contributed by atoms with Crippen molar-refractivity contribution in [2.45, 2.75) is 80.7 Å². The number of hydrogen-bond acceptors (Lipinski definition) is 1. The number of nitrogens with one attached hydrogen (secondary N) is 1. The molecule has 0 radical (unpaired) electrons. The van der Waals surface area contributed by atoms with Gasteiger partial charge in [-0.25, -0.2) is 0 Å². The number of carbonyl (C=O) groups excluding carboxylic acids is 1. The fourth-order valence-electron chi connectivity index (χ4n) is 2.56. The highest BCUT2D eigenvalue weighted by Crippen LogP contribution is 2.48. The van der Waals surface area contributed by atoms with Gasteiger partial charge in [0, 0.05) is 12.5 Å². The molecule has 0 aromatic rings. The SMILES string of the molecule is C#CCCC(C)(C)CC(C)(C(=O)NC(C)C)C(C)(C)C. The van der Waals surface area contributed by atoms with E-state index in [2.05, 4.69) is 52.8 Å². The Bertz CT molecular complexity index is 368. The lowest BCUT2D eigenvalue weighted by molar-refractivity contribution is -0.139. The van der Waals surface area contributed by atoms with E-state index in [4.69, 9.17) is 6.42 Å². The van der Waals surface area contributed by atoms with Gasteiger partial charge >= 0.3 is 0 Å². The molecule has 0 aliphatic heterocycles. The van der Waals surface area contributed by atoms with Gasteiger partial charge in [-0.2, -0.15) is 0 Å². The average Bonchev–Trinajstić information content (AvgIpc) is 2.23. The van der Waals surface area contributed by atoms with Crippen molar-refractivity contribution >= 4 is 5.91 Å². The van der Waals surface area contributed by atoms with Crippen LogP contribution in [-0.2, 0) is 4.79 Å². The fraction of sp³-hybridized carbons (Fsp3) is 0.833. The summed E-state index contributed by atoms with van der Waals surface area (Å²) in [7, 11) is 0. The van der Waals surface area contributed by atoms with E-state index in [9.17, 15) is 4.79 Å². The molecule has 0 heterocycles. The van der Waals surface area contributed by atoms with E-state index in [0.717, 1.165) is 19.3 Å². The number of amides is 1. The molecule has 0 saturated heterocycles. The molecule has 0 spiro atoms. The Morgan fingerprint density at radius 3 is 2.00 bits per heavy atom. The fourth-order valence-corrected chi connectivity index (χ4v) is 2.56. The van der Waals surface area contributed by atoms with Crippen LogP contribution >= 0.6 is 0 Å². The lowest BCUT2D eigenvalue weighted by atomic mass is 9.59. The minimum absolute atomic E-state index is 0.0583. The maximum absolute atomic E-state index is 12.7. The highest BCUT2D eigenvalue weighted by atomic mass is 16.2. The quantitative estimate of drug-likeness (QED) is 0.718. The zero-order chi connectivity index (χ0) is 16.2. The van der Waals surface area contributed by atoms with Gasteiger partial charge in [-0.3, -0.25) is 4.79 Å². The van der Waals surface area contributed by atoms with Crippen molar-refractivity contribution in [1.82, 2.24) is 5.32 Å². The lowest BCUT2D eigenvalue weighted by Gasteiger charge is -2.45. The van der Waals surface area contributed by atoms with Gasteiger partial charge in [0.05, 0.1) is 5.41 Å². The van der Waals surface area contributed by atoms with Crippen LogP contribution in [0, 0.1) is 28.6 Å². The Morgan fingerprint density at radius 2 is 1.65 bits per heavy atom. The maximum atomic E-state index is 12.7. The highest BCUT2D eigenvalue weighted by Gasteiger charge is 2.47. The average molecular weight is 279 g/mol. The monoisotopic (exact) mass is 279 g/mol. The van der Waals surface area contributed by atoms with Crippen LogP contribution in [0.5, 0.6) is 0 Å². The molecular weight excluding hydrogens is 246 g/mol. The Morgan fingerprint density at radius 1 is 1.15 bits per heavy atom. The topological polar surface area (TPSA) is 29.1 Å². The Hall–Kier alpha value is -0.970. The van der Waals surface area contributed by atoms with Crippen molar-refractivity contribution in [1.29, 1.82) is 0 Å². The molecule has 1 unspecified atom stereocenters. The maximum Gasteiger partial charge on any atom is 0.226 e. The minimum Gasteiger partial charge on any atom is -0.353 e. The van der Waals surface area contributed by atoms with E-state index >= 15 is 0 Å². The number of carbonyl (C=O) groups is 1. The van der Waals surface area contributed by atoms with Gasteiger partial charge in [-0.05, 0) is 37.5 Å². The molecule has 0 rings (SSSR count). The predicted molar refractivity (Wildman–Crippen MR) is 87.3 cm³/mol. The molecule has 1 atom stereocenters. The molecule has 2 nitrogen and oxygen atoms in total. The first-order chi connectivity index (χ1) is 8.85. The van der Waals surface area contributed by atoms with Crippen LogP contribution in [0.4, 0.5) is 0 Å². The molecular formula is C18H33NO. The second-order valence-electron chi connectivity index (χ2n) is 8.26. The molecule has 1 amide bonds. The van der Waals surface area contributed by atoms with Crippen LogP contribution in [-0.4, -0.2) is 11.9 Å². The smallest absolute Gasteiger partial charge is 0.226 e. The third-order valence-electron chi connectivity index (χ3n) is 4.35. The first-order valence-corrected chi connectivity index (χ1v) is 7.60. The van der Waals surface area contributed by atoms with Crippen LogP contribution in [0.2, 0.25) is 0 Å². The summed E-state index contributed by atoms with van der Waals surface area (Å²) in [5, 5.41) is 3.09. The first-order valence-electron chi connectivity index (χ1n) is 7.60.